The van der Waals surface area contributed by atoms with Gasteiger partial charge in [0.1, 0.15) is 0 Å². The molecule has 4 rings (SSSR count). The minimum atomic E-state index is -1.26. The van der Waals surface area contributed by atoms with E-state index < -0.39 is 15.0 Å². The molecule has 35 heavy (non-hydrogen) atoms. The smallest absolute Gasteiger partial charge is 0.303 e. The molecule has 9 atom stereocenters. The highest BCUT2D eigenvalue weighted by atomic mass is 28.3. The van der Waals surface area contributed by atoms with Crippen molar-refractivity contribution in [1.82, 2.24) is 0 Å². The van der Waals surface area contributed by atoms with Crippen molar-refractivity contribution in [2.24, 2.45) is 40.9 Å². The fourth-order valence-corrected chi connectivity index (χ4v) is 13.0. The van der Waals surface area contributed by atoms with Gasteiger partial charge in [0.2, 0.25) is 0 Å². The molecular weight excluding hydrogens is 448 g/mol. The molecule has 4 aliphatic carbocycles. The minimum Gasteiger partial charge on any atom is -0.481 e. The van der Waals surface area contributed by atoms with Gasteiger partial charge in [-0.3, -0.25) is 4.79 Å². The summed E-state index contributed by atoms with van der Waals surface area (Å²) in [7, 11) is -1.26. The SMILES string of the molecule is CC(C)[SiH](O[C@H]1CCC2C(=CC[C@@H]3[C@@H]2CC[C@]2(C)[C@@H]([C@H](C)CCCC(=O)O)CC[C@@H]32)C1)C(C)(C)C. The Morgan fingerprint density at radius 2 is 1.89 bits per heavy atom. The van der Waals surface area contributed by atoms with Crippen molar-refractivity contribution in [2.75, 3.05) is 0 Å². The summed E-state index contributed by atoms with van der Waals surface area (Å²) in [6, 6.07) is 0. The van der Waals surface area contributed by atoms with Crippen LogP contribution in [0.5, 0.6) is 0 Å². The first-order valence-electron chi connectivity index (χ1n) is 15.0. The predicted molar refractivity (Wildman–Crippen MR) is 148 cm³/mol. The lowest BCUT2D eigenvalue weighted by Gasteiger charge is -2.54. The Hall–Kier alpha value is -0.613. The molecule has 0 radical (unpaired) electrons. The predicted octanol–water partition coefficient (Wildman–Crippen LogP) is 8.39. The van der Waals surface area contributed by atoms with Gasteiger partial charge in [0.15, 0.2) is 9.04 Å². The van der Waals surface area contributed by atoms with Crippen LogP contribution in [0, 0.1) is 40.9 Å². The third-order valence-electron chi connectivity index (χ3n) is 11.0. The number of hydrogen-bond donors (Lipinski definition) is 1. The highest BCUT2D eigenvalue weighted by Gasteiger charge is 2.56. The van der Waals surface area contributed by atoms with Crippen LogP contribution in [0.25, 0.3) is 0 Å². The summed E-state index contributed by atoms with van der Waals surface area (Å²) in [5.41, 5.74) is 2.92. The first kappa shape index (κ1) is 27.4. The van der Waals surface area contributed by atoms with E-state index in [9.17, 15) is 4.79 Å². The van der Waals surface area contributed by atoms with Gasteiger partial charge in [0, 0.05) is 12.5 Å². The molecule has 3 saturated carbocycles. The molecular formula is C31H54O3Si. The van der Waals surface area contributed by atoms with Gasteiger partial charge >= 0.3 is 5.97 Å². The van der Waals surface area contributed by atoms with E-state index in [0.29, 0.717) is 34.4 Å². The molecule has 4 heteroatoms. The van der Waals surface area contributed by atoms with Gasteiger partial charge in [0.05, 0.1) is 0 Å². The standard InChI is InChI=1S/C31H54O3Si/c1-20(2)35(30(4,5)6)34-23-12-14-24-22(19-23)11-13-26-25(24)17-18-31(7)27(15-16-28(26)31)21(3)9-8-10-29(32)33/h11,20-21,23-28,35H,8-10,12-19H2,1-7H3,(H,32,33)/t21-,23+,24?,25-,26-,27-,28+,31-,35?/m1/s1. The molecule has 0 amide bonds. The number of hydrogen-bond acceptors (Lipinski definition) is 2. The van der Waals surface area contributed by atoms with Gasteiger partial charge in [-0.05, 0) is 116 Å². The van der Waals surface area contributed by atoms with Crippen LogP contribution in [0.2, 0.25) is 10.6 Å². The maximum Gasteiger partial charge on any atom is 0.303 e. The van der Waals surface area contributed by atoms with Crippen LogP contribution in [0.15, 0.2) is 11.6 Å². The molecule has 3 fully saturated rings. The Morgan fingerprint density at radius 3 is 2.54 bits per heavy atom. The Bertz CT molecular complexity index is 783. The molecule has 2 unspecified atom stereocenters. The summed E-state index contributed by atoms with van der Waals surface area (Å²) in [5.74, 6) is 4.27. The van der Waals surface area contributed by atoms with E-state index in [1.54, 1.807) is 5.57 Å². The molecule has 0 aliphatic heterocycles. The van der Waals surface area contributed by atoms with Gasteiger partial charge in [-0.25, -0.2) is 0 Å². The normalized spacial score (nSPS) is 38.8. The van der Waals surface area contributed by atoms with Crippen molar-refractivity contribution in [3.05, 3.63) is 11.6 Å². The lowest BCUT2D eigenvalue weighted by atomic mass is 9.51. The molecule has 0 spiro atoms. The largest absolute Gasteiger partial charge is 0.481 e. The summed E-state index contributed by atoms with van der Waals surface area (Å²) in [5, 5.41) is 9.39. The van der Waals surface area contributed by atoms with Crippen molar-refractivity contribution < 1.29 is 14.3 Å². The Labute approximate surface area is 217 Å². The quantitative estimate of drug-likeness (QED) is 0.268. The van der Waals surface area contributed by atoms with Crippen LogP contribution < -0.4 is 0 Å². The molecule has 0 heterocycles. The van der Waals surface area contributed by atoms with Gasteiger partial charge in [-0.15, -0.1) is 0 Å². The second-order valence-corrected chi connectivity index (χ2v) is 18.8. The third kappa shape index (κ3) is 5.64. The number of fused-ring (bicyclic) bond motifs is 5. The Kier molecular flexibility index (Phi) is 8.33. The lowest BCUT2D eigenvalue weighted by molar-refractivity contribution is -0.137. The maximum absolute atomic E-state index is 11.0. The molecule has 4 aliphatic rings. The van der Waals surface area contributed by atoms with Crippen LogP contribution in [-0.4, -0.2) is 26.2 Å². The fraction of sp³-hybridized carbons (Fsp3) is 0.903. The molecule has 0 aromatic carbocycles. The summed E-state index contributed by atoms with van der Waals surface area (Å²) < 4.78 is 6.94. The monoisotopic (exact) mass is 502 g/mol. The van der Waals surface area contributed by atoms with Crippen molar-refractivity contribution in [3.8, 4) is 0 Å². The maximum atomic E-state index is 11.0. The minimum absolute atomic E-state index is 0.328. The second kappa shape index (κ2) is 10.6. The third-order valence-corrected chi connectivity index (χ3v) is 14.6. The average molecular weight is 503 g/mol. The van der Waals surface area contributed by atoms with Crippen molar-refractivity contribution >= 4 is 15.0 Å². The number of aliphatic carboxylic acids is 1. The van der Waals surface area contributed by atoms with E-state index in [4.69, 9.17) is 9.53 Å². The highest BCUT2D eigenvalue weighted by Crippen LogP contribution is 2.64. The molecule has 0 aromatic heterocycles. The number of carbonyl (C=O) groups is 1. The van der Waals surface area contributed by atoms with Gasteiger partial charge in [-0.1, -0.05) is 60.1 Å². The van der Waals surface area contributed by atoms with Gasteiger partial charge in [-0.2, -0.15) is 0 Å². The van der Waals surface area contributed by atoms with Crippen LogP contribution in [0.4, 0.5) is 0 Å². The summed E-state index contributed by atoms with van der Waals surface area (Å²) in [6.45, 7) is 16.9. The van der Waals surface area contributed by atoms with Gasteiger partial charge in [0.25, 0.3) is 0 Å². The molecule has 0 saturated heterocycles. The summed E-state index contributed by atoms with van der Waals surface area (Å²) in [6.07, 6.45) is 16.1. The Morgan fingerprint density at radius 1 is 1.14 bits per heavy atom. The van der Waals surface area contributed by atoms with E-state index in [1.165, 1.54) is 51.4 Å². The van der Waals surface area contributed by atoms with Crippen molar-refractivity contribution in [1.29, 1.82) is 0 Å². The zero-order valence-corrected chi connectivity index (χ0v) is 25.0. The van der Waals surface area contributed by atoms with Gasteiger partial charge < -0.3 is 9.53 Å². The fourth-order valence-electron chi connectivity index (χ4n) is 9.67. The van der Waals surface area contributed by atoms with Crippen molar-refractivity contribution in [3.63, 3.8) is 0 Å². The topological polar surface area (TPSA) is 46.5 Å². The summed E-state index contributed by atoms with van der Waals surface area (Å²) >= 11 is 0. The van der Waals surface area contributed by atoms with Crippen LogP contribution in [-0.2, 0) is 9.22 Å². The zero-order chi connectivity index (χ0) is 25.5. The molecule has 0 aromatic rings. The molecule has 200 valence electrons. The van der Waals surface area contributed by atoms with E-state index in [0.717, 1.165) is 42.4 Å². The first-order valence-corrected chi connectivity index (χ1v) is 16.7. The Balaban J connectivity index is 1.40. The number of carboxylic acids is 1. The highest BCUT2D eigenvalue weighted by molar-refractivity contribution is 6.56. The molecule has 0 bridgehead atoms. The van der Waals surface area contributed by atoms with E-state index in [-0.39, 0.29) is 0 Å². The van der Waals surface area contributed by atoms with Crippen LogP contribution >= 0.6 is 0 Å². The molecule has 1 N–H and O–H groups in total. The lowest BCUT2D eigenvalue weighted by Crippen LogP contribution is -2.47. The second-order valence-electron chi connectivity index (χ2n) is 14.6. The van der Waals surface area contributed by atoms with E-state index in [2.05, 4.69) is 54.5 Å². The number of carboxylic acid groups (broad SMARTS) is 1. The van der Waals surface area contributed by atoms with Crippen molar-refractivity contribution in [2.45, 2.75) is 136 Å². The molecule has 3 nitrogen and oxygen atoms in total. The van der Waals surface area contributed by atoms with Crippen LogP contribution in [0.1, 0.15) is 119 Å². The van der Waals surface area contributed by atoms with E-state index >= 15 is 0 Å². The first-order chi connectivity index (χ1) is 16.4. The number of rotatable bonds is 8. The zero-order valence-electron chi connectivity index (χ0n) is 23.8. The average Bonchev–Trinajstić information content (AvgIpc) is 3.13. The van der Waals surface area contributed by atoms with Crippen LogP contribution in [0.3, 0.4) is 0 Å². The number of allylic oxidation sites excluding steroid dienone is 1. The van der Waals surface area contributed by atoms with E-state index in [1.807, 2.05) is 0 Å². The summed E-state index contributed by atoms with van der Waals surface area (Å²) in [4.78, 5) is 11.0.